The van der Waals surface area contributed by atoms with Crippen LogP contribution in [0.5, 0.6) is 0 Å². The Balaban J connectivity index is 1.79. The van der Waals surface area contributed by atoms with Crippen molar-refractivity contribution >= 4 is 17.4 Å². The second-order valence-corrected chi connectivity index (χ2v) is 7.36. The number of carbonyl (C=O) groups is 2. The summed E-state index contributed by atoms with van der Waals surface area (Å²) in [6, 6.07) is 6.08. The van der Waals surface area contributed by atoms with Gasteiger partial charge >= 0.3 is 5.97 Å². The van der Waals surface area contributed by atoms with Gasteiger partial charge in [-0.3, -0.25) is 9.59 Å². The van der Waals surface area contributed by atoms with Gasteiger partial charge in [0.15, 0.2) is 5.78 Å². The van der Waals surface area contributed by atoms with E-state index >= 15 is 0 Å². The Labute approximate surface area is 154 Å². The van der Waals surface area contributed by atoms with Crippen molar-refractivity contribution in [2.75, 3.05) is 25.4 Å². The summed E-state index contributed by atoms with van der Waals surface area (Å²) in [5.41, 5.74) is 8.32. The van der Waals surface area contributed by atoms with Crippen LogP contribution in [0.25, 0.3) is 0 Å². The summed E-state index contributed by atoms with van der Waals surface area (Å²) >= 11 is 0. The minimum absolute atomic E-state index is 0.0778. The molecule has 1 unspecified atom stereocenters. The molecule has 2 saturated heterocycles. The van der Waals surface area contributed by atoms with Crippen LogP contribution in [0.15, 0.2) is 18.2 Å². The zero-order valence-corrected chi connectivity index (χ0v) is 15.5. The van der Waals surface area contributed by atoms with Crippen LogP contribution in [0.4, 0.5) is 5.69 Å². The summed E-state index contributed by atoms with van der Waals surface area (Å²) in [6.45, 7) is 4.39. The SMILES string of the molecule is CCC(=O)c1cc(C2CCCCN2N2CCC(C(=O)O)CC2)ccc1N. The Bertz CT molecular complexity index is 668. The van der Waals surface area contributed by atoms with Crippen LogP contribution in [-0.2, 0) is 4.79 Å². The van der Waals surface area contributed by atoms with E-state index in [9.17, 15) is 14.7 Å². The molecule has 26 heavy (non-hydrogen) atoms. The molecule has 2 heterocycles. The Morgan fingerprint density at radius 2 is 1.88 bits per heavy atom. The number of rotatable bonds is 5. The van der Waals surface area contributed by atoms with E-state index in [1.807, 2.05) is 25.1 Å². The number of anilines is 1. The van der Waals surface area contributed by atoms with E-state index in [2.05, 4.69) is 10.0 Å². The number of carboxylic acids is 1. The van der Waals surface area contributed by atoms with Crippen molar-refractivity contribution in [3.63, 3.8) is 0 Å². The predicted octanol–water partition coefficient (Wildman–Crippen LogP) is 3.10. The number of hydrogen-bond donors (Lipinski definition) is 2. The molecule has 2 aliphatic heterocycles. The lowest BCUT2D eigenvalue weighted by molar-refractivity contribution is -0.148. The summed E-state index contributed by atoms with van der Waals surface area (Å²) in [6.07, 6.45) is 5.19. The van der Waals surface area contributed by atoms with Crippen molar-refractivity contribution in [1.82, 2.24) is 10.0 Å². The molecular formula is C20H29N3O3. The molecular weight excluding hydrogens is 330 g/mol. The van der Waals surface area contributed by atoms with E-state index in [-0.39, 0.29) is 17.7 Å². The summed E-state index contributed by atoms with van der Waals surface area (Å²) < 4.78 is 0. The average Bonchev–Trinajstić information content (AvgIpc) is 2.68. The van der Waals surface area contributed by atoms with Gasteiger partial charge in [-0.1, -0.05) is 19.4 Å². The fraction of sp³-hybridized carbons (Fsp3) is 0.600. The first-order valence-electron chi connectivity index (χ1n) is 9.68. The second kappa shape index (κ2) is 8.18. The van der Waals surface area contributed by atoms with E-state index in [1.165, 1.54) is 0 Å². The standard InChI is InChI=1S/C20H29N3O3/c1-2-19(24)16-13-15(6-7-17(16)21)18-5-3-4-10-23(18)22-11-8-14(9-12-22)20(25)26/h6-7,13-14,18H,2-5,8-12,21H2,1H3,(H,25,26). The first-order chi connectivity index (χ1) is 12.5. The maximum Gasteiger partial charge on any atom is 0.306 e. The number of carboxylic acid groups (broad SMARTS) is 1. The van der Waals surface area contributed by atoms with Gasteiger partial charge in [0, 0.05) is 43.3 Å². The van der Waals surface area contributed by atoms with Crippen molar-refractivity contribution in [3.05, 3.63) is 29.3 Å². The van der Waals surface area contributed by atoms with E-state index in [0.29, 0.717) is 30.5 Å². The topological polar surface area (TPSA) is 86.9 Å². The number of hydrogen-bond acceptors (Lipinski definition) is 5. The number of aliphatic carboxylic acids is 1. The van der Waals surface area contributed by atoms with Crippen LogP contribution < -0.4 is 5.73 Å². The molecule has 0 aliphatic carbocycles. The molecule has 0 aromatic heterocycles. The van der Waals surface area contributed by atoms with Gasteiger partial charge in [-0.05, 0) is 43.4 Å². The first-order valence-corrected chi connectivity index (χ1v) is 9.68. The van der Waals surface area contributed by atoms with Gasteiger partial charge < -0.3 is 10.8 Å². The van der Waals surface area contributed by atoms with E-state index in [1.54, 1.807) is 0 Å². The van der Waals surface area contributed by atoms with Gasteiger partial charge in [0.25, 0.3) is 0 Å². The molecule has 142 valence electrons. The summed E-state index contributed by atoms with van der Waals surface area (Å²) in [5.74, 6) is -0.824. The van der Waals surface area contributed by atoms with Gasteiger partial charge in [-0.15, -0.1) is 0 Å². The predicted molar refractivity (Wildman–Crippen MR) is 101 cm³/mol. The Morgan fingerprint density at radius 1 is 1.15 bits per heavy atom. The lowest BCUT2D eigenvalue weighted by Crippen LogP contribution is -2.51. The molecule has 6 heteroatoms. The monoisotopic (exact) mass is 359 g/mol. The molecule has 1 aromatic rings. The number of piperidine rings is 2. The highest BCUT2D eigenvalue weighted by Crippen LogP contribution is 2.35. The zero-order valence-electron chi connectivity index (χ0n) is 15.5. The molecule has 0 spiro atoms. The van der Waals surface area contributed by atoms with Gasteiger partial charge in [-0.2, -0.15) is 0 Å². The number of nitrogens with two attached hydrogens (primary N) is 1. The maximum atomic E-state index is 12.2. The molecule has 2 aliphatic rings. The minimum Gasteiger partial charge on any atom is -0.481 e. The molecule has 0 amide bonds. The van der Waals surface area contributed by atoms with Gasteiger partial charge in [0.1, 0.15) is 0 Å². The third-order valence-electron chi connectivity index (χ3n) is 5.74. The number of benzene rings is 1. The normalized spacial score (nSPS) is 23.0. The lowest BCUT2D eigenvalue weighted by Gasteiger charge is -2.45. The molecule has 3 N–H and O–H groups in total. The summed E-state index contributed by atoms with van der Waals surface area (Å²) in [7, 11) is 0. The van der Waals surface area contributed by atoms with E-state index in [4.69, 9.17) is 5.73 Å². The molecule has 1 atom stereocenters. The largest absolute Gasteiger partial charge is 0.481 e. The van der Waals surface area contributed by atoms with Crippen LogP contribution in [0.1, 0.15) is 67.4 Å². The highest BCUT2D eigenvalue weighted by molar-refractivity contribution is 6.00. The third-order valence-corrected chi connectivity index (χ3v) is 5.74. The Morgan fingerprint density at radius 3 is 2.54 bits per heavy atom. The van der Waals surface area contributed by atoms with Crippen molar-refractivity contribution in [3.8, 4) is 0 Å². The van der Waals surface area contributed by atoms with Crippen LogP contribution in [0, 0.1) is 5.92 Å². The molecule has 1 aromatic carbocycles. The number of nitrogen functional groups attached to an aromatic ring is 1. The Kier molecular flexibility index (Phi) is 5.94. The van der Waals surface area contributed by atoms with Gasteiger partial charge in [0.05, 0.1) is 5.92 Å². The van der Waals surface area contributed by atoms with Gasteiger partial charge in [-0.25, -0.2) is 10.0 Å². The fourth-order valence-corrected chi connectivity index (χ4v) is 4.18. The van der Waals surface area contributed by atoms with E-state index in [0.717, 1.165) is 44.5 Å². The fourth-order valence-electron chi connectivity index (χ4n) is 4.18. The van der Waals surface area contributed by atoms with Crippen LogP contribution in [0.2, 0.25) is 0 Å². The third kappa shape index (κ3) is 3.91. The smallest absolute Gasteiger partial charge is 0.306 e. The number of Topliss-reactive ketones (excluding diaryl/α,β-unsaturated/α-hetero) is 1. The first kappa shape index (κ1) is 18.9. The number of ketones is 1. The highest BCUT2D eigenvalue weighted by atomic mass is 16.4. The summed E-state index contributed by atoms with van der Waals surface area (Å²) in [5, 5.41) is 13.9. The molecule has 0 radical (unpaired) electrons. The Hall–Kier alpha value is -1.92. The van der Waals surface area contributed by atoms with Crippen molar-refractivity contribution in [2.45, 2.75) is 51.5 Å². The van der Waals surface area contributed by atoms with Crippen molar-refractivity contribution in [1.29, 1.82) is 0 Å². The number of hydrazine groups is 1. The van der Waals surface area contributed by atoms with Gasteiger partial charge in [0.2, 0.25) is 0 Å². The lowest BCUT2D eigenvalue weighted by atomic mass is 9.92. The van der Waals surface area contributed by atoms with Crippen LogP contribution >= 0.6 is 0 Å². The molecule has 2 fully saturated rings. The van der Waals surface area contributed by atoms with E-state index < -0.39 is 5.97 Å². The second-order valence-electron chi connectivity index (χ2n) is 7.36. The summed E-state index contributed by atoms with van der Waals surface area (Å²) in [4.78, 5) is 23.4. The van der Waals surface area contributed by atoms with Crippen LogP contribution in [0.3, 0.4) is 0 Å². The molecule has 0 saturated carbocycles. The molecule has 0 bridgehead atoms. The minimum atomic E-state index is -0.680. The quantitative estimate of drug-likeness (QED) is 0.620. The van der Waals surface area contributed by atoms with Crippen molar-refractivity contribution in [2.24, 2.45) is 5.92 Å². The maximum absolute atomic E-state index is 12.2. The molecule has 3 rings (SSSR count). The number of carbonyl (C=O) groups excluding carboxylic acids is 1. The van der Waals surface area contributed by atoms with Crippen LogP contribution in [-0.4, -0.2) is 46.5 Å². The highest BCUT2D eigenvalue weighted by Gasteiger charge is 2.33. The zero-order chi connectivity index (χ0) is 18.7. The number of nitrogens with zero attached hydrogens (tertiary/aromatic N) is 2. The molecule has 6 nitrogen and oxygen atoms in total. The average molecular weight is 359 g/mol. The van der Waals surface area contributed by atoms with Crippen molar-refractivity contribution < 1.29 is 14.7 Å².